The van der Waals surface area contributed by atoms with Gasteiger partial charge in [0.1, 0.15) is 35.6 Å². The van der Waals surface area contributed by atoms with Gasteiger partial charge in [0.2, 0.25) is 0 Å². The fourth-order valence-corrected chi connectivity index (χ4v) is 3.14. The Hall–Kier alpha value is -3.75. The lowest BCUT2D eigenvalue weighted by molar-refractivity contribution is 0.0948. The molecule has 0 aliphatic rings. The lowest BCUT2D eigenvalue weighted by Gasteiger charge is -2.09. The van der Waals surface area contributed by atoms with Gasteiger partial charge in [0.15, 0.2) is 0 Å². The minimum absolute atomic E-state index is 0.157. The lowest BCUT2D eigenvalue weighted by Crippen LogP contribution is -2.30. The molecular formula is C20H22N8O. The number of hydrogen-bond donors (Lipinski definition) is 2. The van der Waals surface area contributed by atoms with Crippen LogP contribution in [0.2, 0.25) is 0 Å². The normalized spacial score (nSPS) is 11.0. The first-order chi connectivity index (χ1) is 14.0. The first-order valence-electron chi connectivity index (χ1n) is 9.33. The smallest absolute Gasteiger partial charge is 0.270 e. The summed E-state index contributed by atoms with van der Waals surface area (Å²) in [5.74, 6) is 1.27. The maximum atomic E-state index is 12.6. The number of anilines is 1. The minimum Gasteiger partial charge on any atom is -0.368 e. The second-order valence-electron chi connectivity index (χ2n) is 6.70. The van der Waals surface area contributed by atoms with E-state index in [-0.39, 0.29) is 5.91 Å². The second kappa shape index (κ2) is 7.70. The van der Waals surface area contributed by atoms with Crippen molar-refractivity contribution in [3.8, 4) is 5.82 Å². The molecule has 9 nitrogen and oxygen atoms in total. The van der Waals surface area contributed by atoms with E-state index in [4.69, 9.17) is 0 Å². The van der Waals surface area contributed by atoms with Gasteiger partial charge in [-0.2, -0.15) is 0 Å². The van der Waals surface area contributed by atoms with Crippen molar-refractivity contribution >= 4 is 17.4 Å². The summed E-state index contributed by atoms with van der Waals surface area (Å²) >= 11 is 0. The zero-order valence-electron chi connectivity index (χ0n) is 16.5. The molecule has 0 aromatic carbocycles. The van der Waals surface area contributed by atoms with E-state index in [1.807, 2.05) is 55.8 Å². The van der Waals surface area contributed by atoms with E-state index in [0.29, 0.717) is 30.3 Å². The van der Waals surface area contributed by atoms with Gasteiger partial charge in [-0.3, -0.25) is 13.8 Å². The zero-order chi connectivity index (χ0) is 20.4. The molecule has 0 aliphatic heterocycles. The molecule has 0 aliphatic carbocycles. The Morgan fingerprint density at radius 2 is 1.93 bits per heavy atom. The van der Waals surface area contributed by atoms with Gasteiger partial charge in [-0.05, 0) is 32.9 Å². The number of fused-ring (bicyclic) bond motifs is 1. The summed E-state index contributed by atoms with van der Waals surface area (Å²) in [4.78, 5) is 29.9. The molecule has 9 heteroatoms. The summed E-state index contributed by atoms with van der Waals surface area (Å²) in [6.07, 6.45) is 5.09. The lowest BCUT2D eigenvalue weighted by atomic mass is 10.3. The van der Waals surface area contributed by atoms with Gasteiger partial charge in [-0.15, -0.1) is 0 Å². The number of carbonyl (C=O) groups excluding carboxylic acids is 1. The summed E-state index contributed by atoms with van der Waals surface area (Å²) < 4.78 is 3.71. The van der Waals surface area contributed by atoms with Crippen LogP contribution in [0.3, 0.4) is 0 Å². The number of aryl methyl sites for hydroxylation is 2. The quantitative estimate of drug-likeness (QED) is 0.489. The Labute approximate surface area is 167 Å². The molecule has 29 heavy (non-hydrogen) atoms. The number of imidazole rings is 2. The van der Waals surface area contributed by atoms with E-state index < -0.39 is 0 Å². The van der Waals surface area contributed by atoms with Gasteiger partial charge in [0.05, 0.1) is 11.4 Å². The summed E-state index contributed by atoms with van der Waals surface area (Å²) in [5.41, 5.74) is 4.00. The number of hydrogen-bond acceptors (Lipinski definition) is 6. The number of carbonyl (C=O) groups is 1. The molecule has 4 heterocycles. The monoisotopic (exact) mass is 390 g/mol. The fourth-order valence-electron chi connectivity index (χ4n) is 3.14. The van der Waals surface area contributed by atoms with Gasteiger partial charge < -0.3 is 10.6 Å². The van der Waals surface area contributed by atoms with Crippen LogP contribution in [0.15, 0.2) is 43.1 Å². The van der Waals surface area contributed by atoms with E-state index in [2.05, 4.69) is 30.6 Å². The van der Waals surface area contributed by atoms with Crippen molar-refractivity contribution in [3.05, 3.63) is 65.9 Å². The Morgan fingerprint density at radius 3 is 2.72 bits per heavy atom. The molecule has 0 saturated carbocycles. The highest BCUT2D eigenvalue weighted by Crippen LogP contribution is 2.14. The predicted octanol–water partition coefficient (Wildman–Crippen LogP) is 2.08. The fraction of sp³-hybridized carbons (Fsp3) is 0.250. The third kappa shape index (κ3) is 3.66. The van der Waals surface area contributed by atoms with Gasteiger partial charge >= 0.3 is 0 Å². The van der Waals surface area contributed by atoms with Gasteiger partial charge in [-0.1, -0.05) is 6.07 Å². The molecule has 0 radical (unpaired) electrons. The van der Waals surface area contributed by atoms with Crippen LogP contribution in [0.5, 0.6) is 0 Å². The predicted molar refractivity (Wildman–Crippen MR) is 109 cm³/mol. The van der Waals surface area contributed by atoms with Crippen LogP contribution in [0, 0.1) is 20.8 Å². The Bertz CT molecular complexity index is 1180. The van der Waals surface area contributed by atoms with E-state index in [1.165, 1.54) is 6.33 Å². The number of pyridine rings is 1. The molecule has 4 rings (SSSR count). The van der Waals surface area contributed by atoms with Crippen molar-refractivity contribution in [2.24, 2.45) is 0 Å². The van der Waals surface area contributed by atoms with Crippen LogP contribution < -0.4 is 10.6 Å². The number of rotatable bonds is 6. The number of nitrogens with one attached hydrogen (secondary N) is 2. The molecule has 0 atom stereocenters. The highest BCUT2D eigenvalue weighted by Gasteiger charge is 2.15. The van der Waals surface area contributed by atoms with Crippen molar-refractivity contribution < 1.29 is 4.79 Å². The molecule has 0 fully saturated rings. The van der Waals surface area contributed by atoms with E-state index >= 15 is 0 Å². The maximum Gasteiger partial charge on any atom is 0.270 e. The van der Waals surface area contributed by atoms with Crippen molar-refractivity contribution in [1.82, 2.24) is 34.2 Å². The zero-order valence-corrected chi connectivity index (χ0v) is 16.5. The number of nitrogens with zero attached hydrogens (tertiary/aromatic N) is 6. The van der Waals surface area contributed by atoms with Crippen LogP contribution in [0.25, 0.3) is 11.5 Å². The molecule has 4 aromatic rings. The average molecular weight is 390 g/mol. The van der Waals surface area contributed by atoms with Crippen LogP contribution >= 0.6 is 0 Å². The van der Waals surface area contributed by atoms with Crippen molar-refractivity contribution in [2.45, 2.75) is 20.8 Å². The van der Waals surface area contributed by atoms with Gasteiger partial charge in [0, 0.05) is 31.0 Å². The highest BCUT2D eigenvalue weighted by molar-refractivity contribution is 5.94. The van der Waals surface area contributed by atoms with Crippen LogP contribution in [0.4, 0.5) is 5.82 Å². The topological polar surface area (TPSA) is 102 Å². The molecule has 148 valence electrons. The van der Waals surface area contributed by atoms with Gasteiger partial charge in [0.25, 0.3) is 5.91 Å². The summed E-state index contributed by atoms with van der Waals surface area (Å²) in [6, 6.07) is 7.50. The summed E-state index contributed by atoms with van der Waals surface area (Å²) in [6.45, 7) is 6.76. The SMILES string of the molecule is Cc1ncn(-c2cc(NCCNC(=O)c3c(C)nc4ccccn34)ncn2)c1C. The van der Waals surface area contributed by atoms with Crippen molar-refractivity contribution in [2.75, 3.05) is 18.4 Å². The van der Waals surface area contributed by atoms with E-state index in [0.717, 1.165) is 22.9 Å². The Balaban J connectivity index is 1.37. The van der Waals surface area contributed by atoms with Crippen molar-refractivity contribution in [1.29, 1.82) is 0 Å². The molecular weight excluding hydrogens is 368 g/mol. The third-order valence-electron chi connectivity index (χ3n) is 4.79. The molecule has 2 N–H and O–H groups in total. The Kier molecular flexibility index (Phi) is 4.94. The van der Waals surface area contributed by atoms with Crippen molar-refractivity contribution in [3.63, 3.8) is 0 Å². The maximum absolute atomic E-state index is 12.6. The first-order valence-corrected chi connectivity index (χ1v) is 9.33. The molecule has 4 aromatic heterocycles. The van der Waals surface area contributed by atoms with E-state index in [1.54, 1.807) is 10.7 Å². The average Bonchev–Trinajstić information content (AvgIpc) is 3.24. The highest BCUT2D eigenvalue weighted by atomic mass is 16.1. The summed E-state index contributed by atoms with van der Waals surface area (Å²) in [7, 11) is 0. The summed E-state index contributed by atoms with van der Waals surface area (Å²) in [5, 5.41) is 6.14. The molecule has 0 bridgehead atoms. The molecule has 1 amide bonds. The molecule has 0 unspecified atom stereocenters. The number of amides is 1. The van der Waals surface area contributed by atoms with Crippen LogP contribution in [-0.4, -0.2) is 47.9 Å². The molecule has 0 saturated heterocycles. The largest absolute Gasteiger partial charge is 0.368 e. The molecule has 0 spiro atoms. The van der Waals surface area contributed by atoms with E-state index in [9.17, 15) is 4.79 Å². The standard InChI is InChI=1S/C20H22N8O/c1-13-15(3)28(12-25-13)18-10-16(23-11-24-18)21-7-8-22-20(29)19-14(2)26-17-6-4-5-9-27(17)19/h4-6,9-12H,7-8H2,1-3H3,(H,22,29)(H,21,23,24). The number of aromatic nitrogens is 6. The second-order valence-corrected chi connectivity index (χ2v) is 6.70. The van der Waals surface area contributed by atoms with Crippen LogP contribution in [0.1, 0.15) is 27.6 Å². The minimum atomic E-state index is -0.157. The third-order valence-corrected chi connectivity index (χ3v) is 4.79. The Morgan fingerprint density at radius 1 is 1.07 bits per heavy atom. The van der Waals surface area contributed by atoms with Gasteiger partial charge in [-0.25, -0.2) is 19.9 Å². The van der Waals surface area contributed by atoms with Crippen LogP contribution in [-0.2, 0) is 0 Å². The first kappa shape index (κ1) is 18.6.